The zero-order valence-corrected chi connectivity index (χ0v) is 16.7. The Bertz CT molecular complexity index is 859. The number of sulfone groups is 2. The molecule has 0 aromatic heterocycles. The minimum Gasteiger partial charge on any atom is -0.493 e. The second-order valence-corrected chi connectivity index (χ2v) is 11.2. The zero-order valence-electron chi connectivity index (χ0n) is 15.0. The molecule has 2 atom stereocenters. The molecule has 9 heteroatoms. The van der Waals surface area contributed by atoms with Crippen molar-refractivity contribution in [1.82, 2.24) is 4.90 Å². The monoisotopic (exact) mass is 403 g/mol. The van der Waals surface area contributed by atoms with Crippen molar-refractivity contribution >= 4 is 19.7 Å². The predicted molar refractivity (Wildman–Crippen MR) is 98.4 cm³/mol. The first kappa shape index (κ1) is 19.4. The summed E-state index contributed by atoms with van der Waals surface area (Å²) in [6.07, 6.45) is 3.04. The molecule has 146 valence electrons. The lowest BCUT2D eigenvalue weighted by Gasteiger charge is -2.34. The van der Waals surface area contributed by atoms with E-state index < -0.39 is 31.0 Å². The van der Waals surface area contributed by atoms with Crippen LogP contribution in [-0.2, 0) is 19.7 Å². The number of ether oxygens (including phenoxy) is 2. The molecule has 2 aliphatic heterocycles. The van der Waals surface area contributed by atoms with Crippen LogP contribution >= 0.6 is 0 Å². The molecule has 0 bridgehead atoms. The Morgan fingerprint density at radius 3 is 2.27 bits per heavy atom. The van der Waals surface area contributed by atoms with E-state index in [1.807, 2.05) is 4.90 Å². The molecule has 2 fully saturated rings. The van der Waals surface area contributed by atoms with Gasteiger partial charge in [0.25, 0.3) is 0 Å². The number of hydrogen-bond acceptors (Lipinski definition) is 7. The third-order valence-electron chi connectivity index (χ3n) is 5.21. The summed E-state index contributed by atoms with van der Waals surface area (Å²) in [4.78, 5) is 2.11. The van der Waals surface area contributed by atoms with E-state index in [4.69, 9.17) is 9.47 Å². The average molecular weight is 404 g/mol. The van der Waals surface area contributed by atoms with Gasteiger partial charge < -0.3 is 9.47 Å². The Balaban J connectivity index is 1.98. The molecule has 26 heavy (non-hydrogen) atoms. The normalized spacial score (nSPS) is 26.5. The molecule has 0 saturated carbocycles. The molecule has 7 nitrogen and oxygen atoms in total. The lowest BCUT2D eigenvalue weighted by molar-refractivity contribution is 0.178. The second-order valence-electron chi connectivity index (χ2n) is 6.84. The predicted octanol–water partition coefficient (Wildman–Crippen LogP) is 1.13. The minimum atomic E-state index is -3.82. The highest BCUT2D eigenvalue weighted by molar-refractivity contribution is 7.96. The Labute approximate surface area is 155 Å². The third-order valence-corrected chi connectivity index (χ3v) is 9.33. The highest BCUT2D eigenvalue weighted by atomic mass is 32.2. The summed E-state index contributed by atoms with van der Waals surface area (Å²) in [5.41, 5.74) is 0. The molecule has 0 N–H and O–H groups in total. The maximum absolute atomic E-state index is 13.3. The second kappa shape index (κ2) is 7.36. The summed E-state index contributed by atoms with van der Waals surface area (Å²) in [6, 6.07) is 3.91. The molecule has 2 heterocycles. The van der Waals surface area contributed by atoms with E-state index in [9.17, 15) is 16.8 Å². The number of rotatable bonds is 5. The summed E-state index contributed by atoms with van der Waals surface area (Å²) in [7, 11) is -4.30. The maximum atomic E-state index is 13.3. The van der Waals surface area contributed by atoms with Gasteiger partial charge in [-0.3, -0.25) is 4.90 Å². The molecule has 0 spiro atoms. The quantitative estimate of drug-likeness (QED) is 0.728. The largest absolute Gasteiger partial charge is 0.493 e. The first-order chi connectivity index (χ1) is 12.3. The van der Waals surface area contributed by atoms with E-state index in [-0.39, 0.29) is 16.4 Å². The van der Waals surface area contributed by atoms with Gasteiger partial charge in [0.15, 0.2) is 31.2 Å². The molecule has 0 radical (unpaired) electrons. The van der Waals surface area contributed by atoms with E-state index in [1.54, 1.807) is 0 Å². The van der Waals surface area contributed by atoms with Crippen LogP contribution in [0.5, 0.6) is 11.5 Å². The number of benzene rings is 1. The van der Waals surface area contributed by atoms with E-state index in [0.717, 1.165) is 32.4 Å². The van der Waals surface area contributed by atoms with Crippen LogP contribution < -0.4 is 9.47 Å². The van der Waals surface area contributed by atoms with Crippen molar-refractivity contribution in [3.63, 3.8) is 0 Å². The van der Waals surface area contributed by atoms with Gasteiger partial charge in [0.1, 0.15) is 0 Å². The van der Waals surface area contributed by atoms with Crippen LogP contribution in [0, 0.1) is 0 Å². The molecule has 3 rings (SSSR count). The molecule has 1 aromatic carbocycles. The maximum Gasteiger partial charge on any atom is 0.183 e. The van der Waals surface area contributed by atoms with Crippen molar-refractivity contribution < 1.29 is 26.3 Å². The smallest absolute Gasteiger partial charge is 0.183 e. The minimum absolute atomic E-state index is 0.0688. The molecule has 2 aliphatic rings. The van der Waals surface area contributed by atoms with Gasteiger partial charge in [0, 0.05) is 12.1 Å². The van der Waals surface area contributed by atoms with Gasteiger partial charge in [-0.1, -0.05) is 6.42 Å². The SMILES string of the molecule is COc1ccc(S(=O)(=O)[C@H]2CS(=O)(=O)C[C@@H]2N2CCCCC2)cc1OC. The molecular formula is C17H25NO6S2. The number of methoxy groups -OCH3 is 2. The Morgan fingerprint density at radius 2 is 1.65 bits per heavy atom. The molecule has 0 unspecified atom stereocenters. The van der Waals surface area contributed by atoms with E-state index in [1.165, 1.54) is 32.4 Å². The van der Waals surface area contributed by atoms with Crippen LogP contribution in [0.4, 0.5) is 0 Å². The summed E-state index contributed by atoms with van der Waals surface area (Å²) in [6.45, 7) is 1.50. The Hall–Kier alpha value is -1.32. The van der Waals surface area contributed by atoms with E-state index >= 15 is 0 Å². The van der Waals surface area contributed by atoms with Crippen LogP contribution in [-0.4, -0.2) is 71.8 Å². The van der Waals surface area contributed by atoms with Crippen molar-refractivity contribution in [3.8, 4) is 11.5 Å². The number of likely N-dealkylation sites (tertiary alicyclic amines) is 1. The van der Waals surface area contributed by atoms with Crippen molar-refractivity contribution in [1.29, 1.82) is 0 Å². The van der Waals surface area contributed by atoms with Crippen molar-refractivity contribution in [2.75, 3.05) is 38.8 Å². The summed E-state index contributed by atoms with van der Waals surface area (Å²) in [5, 5.41) is -0.955. The van der Waals surface area contributed by atoms with Crippen LogP contribution in [0.3, 0.4) is 0 Å². The van der Waals surface area contributed by atoms with Crippen molar-refractivity contribution in [3.05, 3.63) is 18.2 Å². The number of nitrogens with zero attached hydrogens (tertiary/aromatic N) is 1. The molecular weight excluding hydrogens is 378 g/mol. The van der Waals surface area contributed by atoms with Crippen molar-refractivity contribution in [2.45, 2.75) is 35.4 Å². The van der Waals surface area contributed by atoms with Gasteiger partial charge in [-0.05, 0) is 38.1 Å². The molecule has 0 aliphatic carbocycles. The highest BCUT2D eigenvalue weighted by Gasteiger charge is 2.48. The lowest BCUT2D eigenvalue weighted by atomic mass is 10.1. The first-order valence-corrected chi connectivity index (χ1v) is 12.1. The van der Waals surface area contributed by atoms with Gasteiger partial charge in [-0.15, -0.1) is 0 Å². The van der Waals surface area contributed by atoms with Gasteiger partial charge in [0.05, 0.1) is 35.9 Å². The van der Waals surface area contributed by atoms with Gasteiger partial charge >= 0.3 is 0 Å². The van der Waals surface area contributed by atoms with Crippen LogP contribution in [0.25, 0.3) is 0 Å². The lowest BCUT2D eigenvalue weighted by Crippen LogP contribution is -2.48. The molecule has 0 amide bonds. The topological polar surface area (TPSA) is 90.0 Å². The van der Waals surface area contributed by atoms with E-state index in [2.05, 4.69) is 0 Å². The van der Waals surface area contributed by atoms with Crippen LogP contribution in [0.15, 0.2) is 23.1 Å². The molecule has 2 saturated heterocycles. The summed E-state index contributed by atoms with van der Waals surface area (Å²) >= 11 is 0. The Morgan fingerprint density at radius 1 is 1.00 bits per heavy atom. The fourth-order valence-electron chi connectivity index (χ4n) is 3.85. The van der Waals surface area contributed by atoms with Gasteiger partial charge in [-0.25, -0.2) is 16.8 Å². The van der Waals surface area contributed by atoms with Crippen LogP contribution in [0.2, 0.25) is 0 Å². The standard InChI is InChI=1S/C17H25NO6S2/c1-23-15-7-6-13(10-16(15)24-2)26(21,22)17-12-25(19,20)11-14(17)18-8-4-3-5-9-18/h6-7,10,14,17H,3-5,8-9,11-12H2,1-2H3/t14-,17-/m0/s1. The van der Waals surface area contributed by atoms with Gasteiger partial charge in [-0.2, -0.15) is 0 Å². The molecule has 1 aromatic rings. The average Bonchev–Trinajstić information content (AvgIpc) is 2.98. The Kier molecular flexibility index (Phi) is 5.50. The number of hydrogen-bond donors (Lipinski definition) is 0. The van der Waals surface area contributed by atoms with Crippen molar-refractivity contribution in [2.24, 2.45) is 0 Å². The first-order valence-electron chi connectivity index (χ1n) is 8.69. The third kappa shape index (κ3) is 3.70. The van der Waals surface area contributed by atoms with Crippen LogP contribution in [0.1, 0.15) is 19.3 Å². The summed E-state index contributed by atoms with van der Waals surface area (Å²) in [5.74, 6) is 0.316. The number of piperidine rings is 1. The summed E-state index contributed by atoms with van der Waals surface area (Å²) < 4.78 is 61.4. The van der Waals surface area contributed by atoms with Gasteiger partial charge in [0.2, 0.25) is 0 Å². The highest BCUT2D eigenvalue weighted by Crippen LogP contribution is 2.34. The zero-order chi connectivity index (χ0) is 18.9. The fourth-order valence-corrected chi connectivity index (χ4v) is 8.70. The van der Waals surface area contributed by atoms with E-state index in [0.29, 0.717) is 11.5 Å². The fraction of sp³-hybridized carbons (Fsp3) is 0.647.